The highest BCUT2D eigenvalue weighted by Crippen LogP contribution is 2.56. The number of hydrogen-bond acceptors (Lipinski definition) is 1. The summed E-state index contributed by atoms with van der Waals surface area (Å²) in [6.45, 7) is 0. The van der Waals surface area contributed by atoms with E-state index >= 15 is 0 Å². The van der Waals surface area contributed by atoms with Crippen LogP contribution in [0, 0.1) is 0 Å². The molecule has 0 heterocycles. The lowest BCUT2D eigenvalue weighted by Gasteiger charge is -2.39. The van der Waals surface area contributed by atoms with Gasteiger partial charge in [0.25, 0.3) is 0 Å². The topological polar surface area (TPSA) is 20.2 Å². The summed E-state index contributed by atoms with van der Waals surface area (Å²) in [6.07, 6.45) is 14.3. The normalized spacial score (nSPS) is 19.7. The molecule has 0 amide bonds. The average Bonchev–Trinajstić information content (AvgIpc) is 2.71. The summed E-state index contributed by atoms with van der Waals surface area (Å²) >= 11 is 0. The first-order valence-electron chi connectivity index (χ1n) is 10.5. The van der Waals surface area contributed by atoms with Gasteiger partial charge < -0.3 is 5.11 Å². The van der Waals surface area contributed by atoms with Gasteiger partial charge in [-0.25, -0.2) is 0 Å². The third kappa shape index (κ3) is 3.99. The first-order chi connectivity index (χ1) is 12.8. The predicted octanol–water partition coefficient (Wildman–Crippen LogP) is 6.83. The molecule has 4 rings (SSSR count). The molecule has 2 aliphatic rings. The Hall–Kier alpha value is -1.33. The fourth-order valence-corrected chi connectivity index (χ4v) is 8.96. The van der Waals surface area contributed by atoms with Crippen LogP contribution in [0.3, 0.4) is 0 Å². The molecule has 0 aliphatic heterocycles. The third-order valence-electron chi connectivity index (χ3n) is 6.30. The largest absolute Gasteiger partial charge is 0.508 e. The van der Waals surface area contributed by atoms with Crippen molar-refractivity contribution in [2.24, 2.45) is 0 Å². The van der Waals surface area contributed by atoms with E-state index in [1.165, 1.54) is 75.3 Å². The van der Waals surface area contributed by atoms with Gasteiger partial charge in [-0.3, -0.25) is 0 Å². The molecule has 1 N–H and O–H groups in total. The van der Waals surface area contributed by atoms with Crippen LogP contribution in [-0.2, 0) is 0 Å². The summed E-state index contributed by atoms with van der Waals surface area (Å²) in [6, 6.07) is 17.0. The minimum Gasteiger partial charge on any atom is -0.508 e. The van der Waals surface area contributed by atoms with Crippen LogP contribution < -0.4 is 5.30 Å². The lowest BCUT2D eigenvalue weighted by atomic mass is 9.99. The van der Waals surface area contributed by atoms with E-state index in [0.29, 0.717) is 5.75 Å². The van der Waals surface area contributed by atoms with E-state index in [0.717, 1.165) is 11.3 Å². The number of rotatable bonds is 4. The fraction of sp³-hybridized carbons (Fsp3) is 0.500. The average molecular weight is 366 g/mol. The smallest absolute Gasteiger partial charge is 0.115 e. The van der Waals surface area contributed by atoms with Gasteiger partial charge in [0.05, 0.1) is 0 Å². The quantitative estimate of drug-likeness (QED) is 0.588. The molecular weight excluding hydrogens is 335 g/mol. The molecule has 2 fully saturated rings. The Morgan fingerprint density at radius 3 is 1.77 bits per heavy atom. The number of aromatic hydroxyl groups is 1. The molecule has 138 valence electrons. The van der Waals surface area contributed by atoms with Crippen LogP contribution in [0.15, 0.2) is 48.5 Å². The monoisotopic (exact) mass is 366 g/mol. The molecule has 0 bridgehead atoms. The van der Waals surface area contributed by atoms with Gasteiger partial charge in [-0.15, -0.1) is 0 Å². The zero-order valence-electron chi connectivity index (χ0n) is 15.7. The van der Waals surface area contributed by atoms with Gasteiger partial charge in [-0.05, 0) is 65.6 Å². The van der Waals surface area contributed by atoms with Crippen molar-refractivity contribution in [1.29, 1.82) is 0 Å². The summed E-state index contributed by atoms with van der Waals surface area (Å²) in [4.78, 5) is 0. The first-order valence-corrected chi connectivity index (χ1v) is 12.0. The molecule has 0 atom stereocenters. The lowest BCUT2D eigenvalue weighted by molar-refractivity contribution is 0.475. The molecule has 2 aromatic carbocycles. The van der Waals surface area contributed by atoms with Crippen LogP contribution in [0.25, 0.3) is 11.1 Å². The highest BCUT2D eigenvalue weighted by molar-refractivity contribution is 7.67. The highest BCUT2D eigenvalue weighted by Gasteiger charge is 2.33. The van der Waals surface area contributed by atoms with Gasteiger partial charge >= 0.3 is 0 Å². The van der Waals surface area contributed by atoms with E-state index in [-0.39, 0.29) is 7.92 Å². The SMILES string of the molecule is Oc1ccc(-c2ccccc2P(C2CCCCC2)C2CCCCC2)cc1. The van der Waals surface area contributed by atoms with Gasteiger partial charge in [-0.1, -0.05) is 82.8 Å². The summed E-state index contributed by atoms with van der Waals surface area (Å²) in [7, 11) is -0.107. The first kappa shape index (κ1) is 18.1. The lowest BCUT2D eigenvalue weighted by Crippen LogP contribution is -2.27. The van der Waals surface area contributed by atoms with Crippen molar-refractivity contribution in [2.75, 3.05) is 0 Å². The Morgan fingerprint density at radius 2 is 1.19 bits per heavy atom. The van der Waals surface area contributed by atoms with Crippen LogP contribution in [-0.4, -0.2) is 16.4 Å². The van der Waals surface area contributed by atoms with Crippen LogP contribution >= 0.6 is 7.92 Å². The molecule has 2 heteroatoms. The number of hydrogen-bond donors (Lipinski definition) is 1. The van der Waals surface area contributed by atoms with E-state index in [4.69, 9.17) is 0 Å². The molecule has 2 saturated carbocycles. The van der Waals surface area contributed by atoms with Crippen molar-refractivity contribution < 1.29 is 5.11 Å². The molecule has 26 heavy (non-hydrogen) atoms. The minimum absolute atomic E-state index is 0.107. The van der Waals surface area contributed by atoms with Crippen LogP contribution in [0.1, 0.15) is 64.2 Å². The van der Waals surface area contributed by atoms with Crippen LogP contribution in [0.4, 0.5) is 0 Å². The molecule has 0 spiro atoms. The van der Waals surface area contributed by atoms with Crippen molar-refractivity contribution in [3.05, 3.63) is 48.5 Å². The zero-order valence-corrected chi connectivity index (χ0v) is 16.6. The Bertz CT molecular complexity index is 678. The Balaban J connectivity index is 1.73. The maximum absolute atomic E-state index is 9.69. The summed E-state index contributed by atoms with van der Waals surface area (Å²) < 4.78 is 0. The van der Waals surface area contributed by atoms with Crippen molar-refractivity contribution in [1.82, 2.24) is 0 Å². The van der Waals surface area contributed by atoms with E-state index in [1.54, 1.807) is 5.30 Å². The molecule has 2 aromatic rings. The maximum Gasteiger partial charge on any atom is 0.115 e. The number of benzene rings is 2. The van der Waals surface area contributed by atoms with Crippen molar-refractivity contribution in [2.45, 2.75) is 75.5 Å². The second-order valence-electron chi connectivity index (χ2n) is 8.05. The van der Waals surface area contributed by atoms with Gasteiger partial charge in [0.15, 0.2) is 0 Å². The molecule has 0 aromatic heterocycles. The Kier molecular flexibility index (Phi) is 5.95. The van der Waals surface area contributed by atoms with Crippen LogP contribution in [0.5, 0.6) is 5.75 Å². The Labute approximate surface area is 159 Å². The number of phenols is 1. The van der Waals surface area contributed by atoms with Crippen molar-refractivity contribution in [3.63, 3.8) is 0 Å². The molecule has 0 unspecified atom stereocenters. The Morgan fingerprint density at radius 1 is 0.654 bits per heavy atom. The van der Waals surface area contributed by atoms with Crippen LogP contribution in [0.2, 0.25) is 0 Å². The predicted molar refractivity (Wildman–Crippen MR) is 114 cm³/mol. The van der Waals surface area contributed by atoms with Crippen molar-refractivity contribution in [3.8, 4) is 16.9 Å². The second-order valence-corrected chi connectivity index (χ2v) is 10.8. The highest BCUT2D eigenvalue weighted by atomic mass is 31.1. The summed E-state index contributed by atoms with van der Waals surface area (Å²) in [5, 5.41) is 11.3. The number of phenolic OH excluding ortho intramolecular Hbond substituents is 1. The van der Waals surface area contributed by atoms with Gasteiger partial charge in [-0.2, -0.15) is 0 Å². The van der Waals surface area contributed by atoms with E-state index < -0.39 is 0 Å². The zero-order chi connectivity index (χ0) is 17.8. The molecular formula is C24H31OP. The third-order valence-corrected chi connectivity index (χ3v) is 9.85. The van der Waals surface area contributed by atoms with E-state index in [9.17, 15) is 5.11 Å². The summed E-state index contributed by atoms with van der Waals surface area (Å²) in [5.74, 6) is 0.355. The van der Waals surface area contributed by atoms with Gasteiger partial charge in [0, 0.05) is 0 Å². The molecule has 1 nitrogen and oxygen atoms in total. The summed E-state index contributed by atoms with van der Waals surface area (Å²) in [5.41, 5.74) is 4.51. The minimum atomic E-state index is -0.107. The van der Waals surface area contributed by atoms with Gasteiger partial charge in [0.2, 0.25) is 0 Å². The van der Waals surface area contributed by atoms with E-state index in [1.807, 2.05) is 12.1 Å². The van der Waals surface area contributed by atoms with Crippen molar-refractivity contribution >= 4 is 13.2 Å². The maximum atomic E-state index is 9.69. The molecule has 0 radical (unpaired) electrons. The second kappa shape index (κ2) is 8.57. The standard InChI is InChI=1S/C24H31OP/c25-20-17-15-19(16-18-20)23-13-7-8-14-24(23)26(21-9-3-1-4-10-21)22-11-5-2-6-12-22/h7-8,13-18,21-22,25H,1-6,9-12H2. The molecule has 0 saturated heterocycles. The fourth-order valence-electron chi connectivity index (χ4n) is 4.99. The molecule has 2 aliphatic carbocycles. The van der Waals surface area contributed by atoms with Gasteiger partial charge in [0.1, 0.15) is 5.75 Å². The van der Waals surface area contributed by atoms with E-state index in [2.05, 4.69) is 36.4 Å².